The van der Waals surface area contributed by atoms with Crippen LogP contribution in [0.3, 0.4) is 0 Å². The summed E-state index contributed by atoms with van der Waals surface area (Å²) in [6, 6.07) is 0. The number of rotatable bonds is 7. The summed E-state index contributed by atoms with van der Waals surface area (Å²) in [4.78, 5) is 0. The third-order valence-corrected chi connectivity index (χ3v) is 4.39. The summed E-state index contributed by atoms with van der Waals surface area (Å²) in [6.45, 7) is 2.67. The Bertz CT molecular complexity index is 551. The largest absolute Gasteiger partial charge is 0.466 e. The van der Waals surface area contributed by atoms with E-state index in [2.05, 4.69) is 16.0 Å². The molecule has 13 heteroatoms. The topological polar surface area (TPSA) is 186 Å². The number of hydrogen-bond donors (Lipinski definition) is 6. The molecule has 11 nitrogen and oxygen atoms in total. The van der Waals surface area contributed by atoms with Crippen molar-refractivity contribution >= 4 is 27.2 Å². The highest BCUT2D eigenvalue weighted by molar-refractivity contribution is 8.14. The van der Waals surface area contributed by atoms with Crippen LogP contribution in [0.4, 0.5) is 0 Å². The molecule has 0 aromatic carbocycles. The summed E-state index contributed by atoms with van der Waals surface area (Å²) >= 11 is 0.570. The van der Waals surface area contributed by atoms with Gasteiger partial charge in [-0.3, -0.25) is 4.55 Å². The molecule has 140 valence electrons. The molecule has 0 aromatic heterocycles. The molecule has 0 aliphatic carbocycles. The normalized spacial score (nSPS) is 33.1. The molecule has 6 N–H and O–H groups in total. The van der Waals surface area contributed by atoms with E-state index in [-0.39, 0.29) is 11.5 Å². The summed E-state index contributed by atoms with van der Waals surface area (Å²) in [5.41, 5.74) is -1.26. The van der Waals surface area contributed by atoms with Gasteiger partial charge in [-0.25, -0.2) is 4.28 Å². The van der Waals surface area contributed by atoms with Crippen molar-refractivity contribution < 1.29 is 47.5 Å². The average molecular weight is 389 g/mol. The molecule has 1 aliphatic heterocycles. The second-order valence-corrected chi connectivity index (χ2v) is 6.99. The number of hydrogen-bond acceptors (Lipinski definition) is 11. The van der Waals surface area contributed by atoms with Crippen molar-refractivity contribution in [3.63, 3.8) is 0 Å². The van der Waals surface area contributed by atoms with E-state index >= 15 is 0 Å². The maximum absolute atomic E-state index is 10.6. The van der Waals surface area contributed by atoms with Crippen LogP contribution in [0, 0.1) is 0 Å². The quantitative estimate of drug-likeness (QED) is 0.0895. The minimum Gasteiger partial charge on any atom is -0.394 e. The zero-order valence-electron chi connectivity index (χ0n) is 12.2. The number of aliphatic hydroxyl groups excluding tert-OH is 5. The standard InChI is InChI=1S/C11H19NO10S2/c1-2-5(14)3-7(12-22-24(18,19)20)23-11-10(17)9(16)8(15)6(4-13)21-11/h2,5-6,8-11,13-17H,1,3-4H2,(H,18,19,20)/b12-7+/t5?,6-,8-,9+,10-,11+/m1/s1. The average Bonchev–Trinajstić information content (AvgIpc) is 2.52. The summed E-state index contributed by atoms with van der Waals surface area (Å²) in [6.07, 6.45) is -6.29. The SMILES string of the molecule is C=CC(O)C/C(=N\OS(=O)(=O)O)S[C@@H]1O[C@H](CO)[C@@H](O)[C@H](O)[C@H]1O. The molecule has 0 radical (unpaired) electrons. The fourth-order valence-corrected chi connectivity index (χ4v) is 3.10. The van der Waals surface area contributed by atoms with Gasteiger partial charge in [-0.1, -0.05) is 23.0 Å². The van der Waals surface area contributed by atoms with Crippen LogP contribution in [-0.2, 0) is 19.4 Å². The highest BCUT2D eigenvalue weighted by Gasteiger charge is 2.44. The molecular formula is C11H19NO10S2. The smallest absolute Gasteiger partial charge is 0.394 e. The van der Waals surface area contributed by atoms with Crippen LogP contribution in [-0.4, -0.2) is 86.1 Å². The Morgan fingerprint density at radius 1 is 1.33 bits per heavy atom. The van der Waals surface area contributed by atoms with Crippen molar-refractivity contribution in [1.29, 1.82) is 0 Å². The molecule has 1 unspecified atom stereocenters. The van der Waals surface area contributed by atoms with Crippen LogP contribution in [0.1, 0.15) is 6.42 Å². The fourth-order valence-electron chi connectivity index (χ4n) is 1.76. The lowest BCUT2D eigenvalue weighted by molar-refractivity contribution is -0.205. The number of ether oxygens (including phenoxy) is 1. The fraction of sp³-hybridized carbons (Fsp3) is 0.727. The van der Waals surface area contributed by atoms with Gasteiger partial charge >= 0.3 is 10.4 Å². The predicted molar refractivity (Wildman–Crippen MR) is 82.2 cm³/mol. The summed E-state index contributed by atoms with van der Waals surface area (Å²) in [7, 11) is -4.89. The van der Waals surface area contributed by atoms with Gasteiger partial charge in [0.2, 0.25) is 0 Å². The maximum Gasteiger partial charge on any atom is 0.466 e. The monoisotopic (exact) mass is 389 g/mol. The van der Waals surface area contributed by atoms with E-state index in [1.807, 2.05) is 0 Å². The molecule has 1 fully saturated rings. The van der Waals surface area contributed by atoms with Crippen LogP contribution in [0.5, 0.6) is 0 Å². The Balaban J connectivity index is 2.92. The molecule has 1 heterocycles. The minimum atomic E-state index is -4.89. The highest BCUT2D eigenvalue weighted by atomic mass is 32.3. The summed E-state index contributed by atoms with van der Waals surface area (Å²) < 4.78 is 38.8. The molecular weight excluding hydrogens is 370 g/mol. The van der Waals surface area contributed by atoms with Gasteiger partial charge in [-0.2, -0.15) is 8.42 Å². The third-order valence-electron chi connectivity index (χ3n) is 2.99. The van der Waals surface area contributed by atoms with E-state index in [1.165, 1.54) is 0 Å². The predicted octanol–water partition coefficient (Wildman–Crippen LogP) is -2.41. The van der Waals surface area contributed by atoms with Crippen LogP contribution in [0.25, 0.3) is 0 Å². The van der Waals surface area contributed by atoms with E-state index in [4.69, 9.17) is 14.4 Å². The van der Waals surface area contributed by atoms with E-state index in [0.717, 1.165) is 6.08 Å². The van der Waals surface area contributed by atoms with Gasteiger partial charge in [0, 0.05) is 6.42 Å². The first-order valence-corrected chi connectivity index (χ1v) is 8.84. The molecule has 0 saturated carbocycles. The molecule has 0 aromatic rings. The Kier molecular flexibility index (Phi) is 8.04. The molecule has 1 saturated heterocycles. The molecule has 0 bridgehead atoms. The Labute approximate surface area is 142 Å². The van der Waals surface area contributed by atoms with E-state index < -0.39 is 53.0 Å². The Hall–Kier alpha value is -0.770. The molecule has 24 heavy (non-hydrogen) atoms. The van der Waals surface area contributed by atoms with Crippen LogP contribution < -0.4 is 0 Å². The van der Waals surface area contributed by atoms with Gasteiger partial charge in [0.15, 0.2) is 0 Å². The molecule has 0 amide bonds. The highest BCUT2D eigenvalue weighted by Crippen LogP contribution is 2.30. The molecule has 1 aliphatic rings. The van der Waals surface area contributed by atoms with Crippen LogP contribution in [0.15, 0.2) is 17.8 Å². The van der Waals surface area contributed by atoms with Gasteiger partial charge in [0.25, 0.3) is 0 Å². The van der Waals surface area contributed by atoms with Gasteiger partial charge in [-0.15, -0.1) is 6.58 Å². The first-order valence-electron chi connectivity index (χ1n) is 6.59. The van der Waals surface area contributed by atoms with Crippen molar-refractivity contribution in [2.24, 2.45) is 5.16 Å². The minimum absolute atomic E-state index is 0.218. The molecule has 0 spiro atoms. The first kappa shape index (κ1) is 21.3. The van der Waals surface area contributed by atoms with Gasteiger partial charge < -0.3 is 30.3 Å². The number of aliphatic hydroxyl groups is 5. The first-order chi connectivity index (χ1) is 11.1. The number of nitrogens with zero attached hydrogens (tertiary/aromatic N) is 1. The van der Waals surface area contributed by atoms with Crippen molar-refractivity contribution in [3.05, 3.63) is 12.7 Å². The Morgan fingerprint density at radius 3 is 2.46 bits per heavy atom. The zero-order chi connectivity index (χ0) is 18.5. The van der Waals surface area contributed by atoms with Crippen molar-refractivity contribution in [2.75, 3.05) is 6.61 Å². The number of oxime groups is 1. The molecule has 1 rings (SSSR count). The molecule has 6 atom stereocenters. The second-order valence-electron chi connectivity index (χ2n) is 4.81. The zero-order valence-corrected chi connectivity index (χ0v) is 13.9. The lowest BCUT2D eigenvalue weighted by Gasteiger charge is -2.39. The van der Waals surface area contributed by atoms with Crippen molar-refractivity contribution in [1.82, 2.24) is 0 Å². The summed E-state index contributed by atoms with van der Waals surface area (Å²) in [5.74, 6) is 0. The van der Waals surface area contributed by atoms with Gasteiger partial charge in [0.1, 0.15) is 34.9 Å². The Morgan fingerprint density at radius 2 is 1.96 bits per heavy atom. The number of thioether (sulfide) groups is 1. The van der Waals surface area contributed by atoms with Crippen molar-refractivity contribution in [2.45, 2.75) is 42.4 Å². The van der Waals surface area contributed by atoms with Crippen LogP contribution >= 0.6 is 11.8 Å². The lowest BCUT2D eigenvalue weighted by Crippen LogP contribution is -2.57. The third kappa shape index (κ3) is 6.27. The lowest BCUT2D eigenvalue weighted by atomic mass is 10.0. The van der Waals surface area contributed by atoms with Crippen molar-refractivity contribution in [3.8, 4) is 0 Å². The maximum atomic E-state index is 10.6. The second kappa shape index (κ2) is 9.07. The summed E-state index contributed by atoms with van der Waals surface area (Å²) in [5, 5.41) is 50.8. The van der Waals surface area contributed by atoms with Crippen LogP contribution in [0.2, 0.25) is 0 Å². The van der Waals surface area contributed by atoms with Gasteiger partial charge in [-0.05, 0) is 0 Å². The van der Waals surface area contributed by atoms with E-state index in [9.17, 15) is 28.8 Å². The van der Waals surface area contributed by atoms with E-state index in [1.54, 1.807) is 0 Å². The van der Waals surface area contributed by atoms with E-state index in [0.29, 0.717) is 11.8 Å². The van der Waals surface area contributed by atoms with Gasteiger partial charge in [0.05, 0.1) is 12.7 Å².